The molecule has 4 rings (SSSR count). The normalized spacial score (nSPS) is 11.5. The summed E-state index contributed by atoms with van der Waals surface area (Å²) >= 11 is 1.67. The summed E-state index contributed by atoms with van der Waals surface area (Å²) in [5, 5.41) is 3.23. The Morgan fingerprint density at radius 2 is 2.05 bits per heavy atom. The molecule has 0 fully saturated rings. The number of hydrogen-bond donors (Lipinski definition) is 3. The molecule has 0 aliphatic rings. The number of nitrogens with two attached hydrogens (primary N) is 2. The Hall–Kier alpha value is -2.87. The second-order valence-corrected chi connectivity index (χ2v) is 5.85. The van der Waals surface area contributed by atoms with E-state index in [2.05, 4.69) is 32.5 Å². The lowest BCUT2D eigenvalue weighted by atomic mass is 10.2. The summed E-state index contributed by atoms with van der Waals surface area (Å²) in [6.45, 7) is 0.488. The van der Waals surface area contributed by atoms with E-state index < -0.39 is 0 Å². The first kappa shape index (κ1) is 12.8. The first-order valence-corrected chi connectivity index (χ1v) is 7.48. The van der Waals surface area contributed by atoms with Gasteiger partial charge < -0.3 is 11.5 Å². The molecule has 7 nitrogen and oxygen atoms in total. The number of aromatic amines is 1. The zero-order chi connectivity index (χ0) is 15.3. The lowest BCUT2D eigenvalue weighted by Gasteiger charge is -2.05. The monoisotopic (exact) mass is 312 g/mol. The third-order valence-corrected chi connectivity index (χ3v) is 4.56. The molecule has 0 aliphatic carbocycles. The molecule has 0 aliphatic heterocycles. The highest BCUT2D eigenvalue weighted by Crippen LogP contribution is 2.27. The number of hydrogen-bond acceptors (Lipinski definition) is 6. The number of H-pyrrole nitrogens is 1. The summed E-state index contributed by atoms with van der Waals surface area (Å²) in [5.41, 5.74) is 12.9. The van der Waals surface area contributed by atoms with Gasteiger partial charge in [-0.1, -0.05) is 18.2 Å². The Morgan fingerprint density at radius 1 is 1.23 bits per heavy atom. The molecule has 22 heavy (non-hydrogen) atoms. The van der Waals surface area contributed by atoms with Crippen molar-refractivity contribution in [2.75, 3.05) is 11.5 Å². The van der Waals surface area contributed by atoms with Crippen LogP contribution in [0.1, 0.15) is 5.56 Å². The maximum atomic E-state index is 11.9. The van der Waals surface area contributed by atoms with Gasteiger partial charge in [-0.05, 0) is 22.4 Å². The quantitative estimate of drug-likeness (QED) is 0.519. The SMILES string of the molecule is Nc1nc2c(nc(N)n2Cc2csc3ccccc23)c(=O)[nH]1. The van der Waals surface area contributed by atoms with Crippen molar-refractivity contribution >= 4 is 44.5 Å². The van der Waals surface area contributed by atoms with Crippen LogP contribution >= 0.6 is 11.3 Å². The molecular formula is C14H12N6OS. The van der Waals surface area contributed by atoms with E-state index in [1.807, 2.05) is 12.1 Å². The van der Waals surface area contributed by atoms with Gasteiger partial charge in [0, 0.05) is 4.70 Å². The molecule has 3 aromatic heterocycles. The number of aromatic nitrogens is 4. The largest absolute Gasteiger partial charge is 0.369 e. The van der Waals surface area contributed by atoms with Crippen LogP contribution in [0.5, 0.6) is 0 Å². The Morgan fingerprint density at radius 3 is 2.91 bits per heavy atom. The lowest BCUT2D eigenvalue weighted by Crippen LogP contribution is -2.12. The van der Waals surface area contributed by atoms with Gasteiger partial charge >= 0.3 is 0 Å². The van der Waals surface area contributed by atoms with Gasteiger partial charge in [-0.2, -0.15) is 4.98 Å². The number of benzene rings is 1. The van der Waals surface area contributed by atoms with Crippen molar-refractivity contribution < 1.29 is 0 Å². The second-order valence-electron chi connectivity index (χ2n) is 4.94. The number of rotatable bonds is 2. The fraction of sp³-hybridized carbons (Fsp3) is 0.0714. The van der Waals surface area contributed by atoms with Crippen molar-refractivity contribution in [2.45, 2.75) is 6.54 Å². The van der Waals surface area contributed by atoms with Crippen molar-refractivity contribution in [2.24, 2.45) is 0 Å². The fourth-order valence-corrected chi connectivity index (χ4v) is 3.48. The average Bonchev–Trinajstić information content (AvgIpc) is 3.03. The molecule has 3 heterocycles. The van der Waals surface area contributed by atoms with E-state index in [4.69, 9.17) is 11.5 Å². The maximum absolute atomic E-state index is 11.9. The number of fused-ring (bicyclic) bond motifs is 2. The maximum Gasteiger partial charge on any atom is 0.280 e. The molecule has 0 amide bonds. The molecule has 5 N–H and O–H groups in total. The molecule has 8 heteroatoms. The molecule has 0 unspecified atom stereocenters. The number of thiophene rings is 1. The minimum atomic E-state index is -0.386. The van der Waals surface area contributed by atoms with Gasteiger partial charge in [-0.15, -0.1) is 11.3 Å². The van der Waals surface area contributed by atoms with Crippen LogP contribution in [0.25, 0.3) is 21.3 Å². The highest BCUT2D eigenvalue weighted by molar-refractivity contribution is 7.17. The summed E-state index contributed by atoms with van der Waals surface area (Å²) in [7, 11) is 0. The Balaban J connectivity index is 1.91. The third kappa shape index (κ3) is 1.85. The molecule has 4 aromatic rings. The van der Waals surface area contributed by atoms with E-state index >= 15 is 0 Å². The number of imidazole rings is 1. The first-order valence-electron chi connectivity index (χ1n) is 6.60. The van der Waals surface area contributed by atoms with Gasteiger partial charge in [-0.3, -0.25) is 14.3 Å². The van der Waals surface area contributed by atoms with E-state index in [1.165, 1.54) is 4.70 Å². The summed E-state index contributed by atoms with van der Waals surface area (Å²) in [6, 6.07) is 8.13. The highest BCUT2D eigenvalue weighted by Gasteiger charge is 2.15. The van der Waals surface area contributed by atoms with E-state index in [1.54, 1.807) is 15.9 Å². The molecular weight excluding hydrogens is 300 g/mol. The van der Waals surface area contributed by atoms with Crippen LogP contribution in [0.4, 0.5) is 11.9 Å². The summed E-state index contributed by atoms with van der Waals surface area (Å²) < 4.78 is 2.90. The van der Waals surface area contributed by atoms with Gasteiger partial charge in [0.15, 0.2) is 11.2 Å². The minimum absolute atomic E-state index is 0.0498. The molecule has 0 saturated heterocycles. The Bertz CT molecular complexity index is 1060. The topological polar surface area (TPSA) is 116 Å². The summed E-state index contributed by atoms with van der Waals surface area (Å²) in [5.74, 6) is 0.294. The van der Waals surface area contributed by atoms with E-state index in [0.29, 0.717) is 12.2 Å². The van der Waals surface area contributed by atoms with Crippen LogP contribution in [-0.2, 0) is 6.54 Å². The molecule has 0 spiro atoms. The lowest BCUT2D eigenvalue weighted by molar-refractivity contribution is 0.835. The predicted octanol–water partition coefficient (Wildman–Crippen LogP) is 1.55. The van der Waals surface area contributed by atoms with Crippen molar-refractivity contribution in [1.82, 2.24) is 19.5 Å². The first-order chi connectivity index (χ1) is 10.6. The summed E-state index contributed by atoms with van der Waals surface area (Å²) in [6.07, 6.45) is 0. The fourth-order valence-electron chi connectivity index (χ4n) is 2.53. The summed E-state index contributed by atoms with van der Waals surface area (Å²) in [4.78, 5) is 22.6. The van der Waals surface area contributed by atoms with Gasteiger partial charge in [0.25, 0.3) is 5.56 Å². The number of nitrogens with one attached hydrogen (secondary N) is 1. The molecule has 0 atom stereocenters. The molecule has 0 saturated carbocycles. The molecule has 0 radical (unpaired) electrons. The number of nitrogen functional groups attached to an aromatic ring is 2. The standard InChI is InChI=1S/C14H12N6OS/c15-13-18-11-10(12(21)19-13)17-14(16)20(11)5-7-6-22-9-4-2-1-3-8(7)9/h1-4,6H,5H2,(H2,16,17)(H3,15,18,19,21). The third-order valence-electron chi connectivity index (χ3n) is 3.54. The predicted molar refractivity (Wildman–Crippen MR) is 87.9 cm³/mol. The smallest absolute Gasteiger partial charge is 0.280 e. The van der Waals surface area contributed by atoms with Crippen LogP contribution in [0, 0.1) is 0 Å². The van der Waals surface area contributed by atoms with Crippen LogP contribution in [-0.4, -0.2) is 19.5 Å². The van der Waals surface area contributed by atoms with E-state index in [-0.39, 0.29) is 23.0 Å². The van der Waals surface area contributed by atoms with Crippen molar-refractivity contribution in [3.05, 3.63) is 45.6 Å². The van der Waals surface area contributed by atoms with Gasteiger partial charge in [0.05, 0.1) is 6.54 Å². The van der Waals surface area contributed by atoms with Crippen molar-refractivity contribution in [3.63, 3.8) is 0 Å². The number of anilines is 2. The minimum Gasteiger partial charge on any atom is -0.369 e. The molecule has 110 valence electrons. The highest BCUT2D eigenvalue weighted by atomic mass is 32.1. The van der Waals surface area contributed by atoms with E-state index in [0.717, 1.165) is 10.9 Å². The number of nitrogens with zero attached hydrogens (tertiary/aromatic N) is 3. The Kier molecular flexibility index (Phi) is 2.67. The average molecular weight is 312 g/mol. The van der Waals surface area contributed by atoms with Gasteiger partial charge in [0.2, 0.25) is 11.9 Å². The van der Waals surface area contributed by atoms with Gasteiger partial charge in [-0.25, -0.2) is 4.98 Å². The molecule has 0 bridgehead atoms. The van der Waals surface area contributed by atoms with Crippen molar-refractivity contribution in [1.29, 1.82) is 0 Å². The van der Waals surface area contributed by atoms with Crippen molar-refractivity contribution in [3.8, 4) is 0 Å². The van der Waals surface area contributed by atoms with Crippen LogP contribution in [0.3, 0.4) is 0 Å². The van der Waals surface area contributed by atoms with Crippen LogP contribution in [0.2, 0.25) is 0 Å². The Labute approximate surface area is 128 Å². The zero-order valence-corrected chi connectivity index (χ0v) is 12.2. The van der Waals surface area contributed by atoms with Crippen LogP contribution in [0.15, 0.2) is 34.4 Å². The zero-order valence-electron chi connectivity index (χ0n) is 11.4. The van der Waals surface area contributed by atoms with E-state index in [9.17, 15) is 4.79 Å². The van der Waals surface area contributed by atoms with Gasteiger partial charge in [0.1, 0.15) is 0 Å². The second kappa shape index (κ2) is 4.57. The van der Waals surface area contributed by atoms with Crippen LogP contribution < -0.4 is 17.0 Å². The molecule has 1 aromatic carbocycles.